The zero-order chi connectivity index (χ0) is 14.9. The average molecular weight is 284 g/mol. The molecule has 5 heteroatoms. The second kappa shape index (κ2) is 5.32. The second-order valence-electron chi connectivity index (χ2n) is 4.62. The Hall–Kier alpha value is -1.75. The fraction of sp³-hybridized carbons (Fsp3) is 0.333. The quantitative estimate of drug-likeness (QED) is 0.914. The molecule has 20 heavy (non-hydrogen) atoms. The van der Waals surface area contributed by atoms with Gasteiger partial charge in [0.2, 0.25) is 0 Å². The molecule has 0 amide bonds. The van der Waals surface area contributed by atoms with Gasteiger partial charge in [-0.25, -0.2) is 0 Å². The van der Waals surface area contributed by atoms with Crippen molar-refractivity contribution in [2.45, 2.75) is 32.5 Å². The minimum Gasteiger partial charge on any atom is -0.469 e. The first-order valence-corrected chi connectivity index (χ1v) is 6.26. The van der Waals surface area contributed by atoms with Crippen LogP contribution in [0.25, 0.3) is 0 Å². The van der Waals surface area contributed by atoms with Crippen molar-refractivity contribution in [3.63, 3.8) is 0 Å². The number of halogens is 3. The van der Waals surface area contributed by atoms with Crippen molar-refractivity contribution < 1.29 is 22.7 Å². The largest absolute Gasteiger partial charge is 0.469 e. The molecule has 0 aliphatic carbocycles. The van der Waals surface area contributed by atoms with Crippen LogP contribution in [0.5, 0.6) is 0 Å². The van der Waals surface area contributed by atoms with Crippen molar-refractivity contribution in [3.05, 3.63) is 58.5 Å². The van der Waals surface area contributed by atoms with Gasteiger partial charge in [-0.3, -0.25) is 0 Å². The van der Waals surface area contributed by atoms with Crippen LogP contribution in [-0.4, -0.2) is 5.11 Å². The van der Waals surface area contributed by atoms with Crippen LogP contribution in [0.2, 0.25) is 0 Å². The number of rotatable bonds is 3. The predicted molar refractivity (Wildman–Crippen MR) is 68.3 cm³/mol. The summed E-state index contributed by atoms with van der Waals surface area (Å²) in [6.45, 7) is 3.44. The first-order chi connectivity index (χ1) is 9.34. The Morgan fingerprint density at radius 1 is 1.20 bits per heavy atom. The van der Waals surface area contributed by atoms with Gasteiger partial charge in [-0.05, 0) is 36.2 Å². The summed E-state index contributed by atoms with van der Waals surface area (Å²) in [7, 11) is 0. The fourth-order valence-corrected chi connectivity index (χ4v) is 2.21. The van der Waals surface area contributed by atoms with Crippen LogP contribution in [0, 0.1) is 6.92 Å². The highest BCUT2D eigenvalue weighted by molar-refractivity contribution is 5.39. The summed E-state index contributed by atoms with van der Waals surface area (Å²) in [6.07, 6.45) is -3.28. The third-order valence-electron chi connectivity index (χ3n) is 3.29. The zero-order valence-electron chi connectivity index (χ0n) is 11.2. The van der Waals surface area contributed by atoms with E-state index < -0.39 is 17.8 Å². The Morgan fingerprint density at radius 3 is 2.45 bits per heavy atom. The summed E-state index contributed by atoms with van der Waals surface area (Å²) in [6, 6.07) is 4.98. The van der Waals surface area contributed by atoms with Crippen LogP contribution in [0.3, 0.4) is 0 Å². The van der Waals surface area contributed by atoms with E-state index in [1.807, 2.05) is 6.92 Å². The lowest BCUT2D eigenvalue weighted by Gasteiger charge is -2.16. The first kappa shape index (κ1) is 14.7. The Bertz CT molecular complexity index is 599. The number of furan rings is 1. The molecule has 0 aliphatic heterocycles. The Morgan fingerprint density at radius 2 is 1.90 bits per heavy atom. The van der Waals surface area contributed by atoms with E-state index in [0.717, 1.165) is 12.1 Å². The van der Waals surface area contributed by atoms with Gasteiger partial charge in [0.15, 0.2) is 0 Å². The standard InChI is InChI=1S/C15H15F3O2/c1-3-13-12(6-7-20-13)14(19)11-5-4-10(8-9(11)2)15(16,17)18/h4-8,14,19H,3H2,1-2H3. The van der Waals surface area contributed by atoms with E-state index in [9.17, 15) is 18.3 Å². The van der Waals surface area contributed by atoms with Crippen LogP contribution in [0.1, 0.15) is 41.0 Å². The molecule has 1 atom stereocenters. The van der Waals surface area contributed by atoms with E-state index in [-0.39, 0.29) is 0 Å². The molecule has 1 unspecified atom stereocenters. The van der Waals surface area contributed by atoms with E-state index in [4.69, 9.17) is 4.42 Å². The van der Waals surface area contributed by atoms with Crippen LogP contribution >= 0.6 is 0 Å². The predicted octanol–water partition coefficient (Wildman–Crippen LogP) is 4.25. The van der Waals surface area contributed by atoms with E-state index in [1.165, 1.54) is 12.3 Å². The molecule has 0 spiro atoms. The van der Waals surface area contributed by atoms with Crippen molar-refractivity contribution >= 4 is 0 Å². The molecule has 0 saturated heterocycles. The molecule has 2 rings (SSSR count). The van der Waals surface area contributed by atoms with E-state index in [2.05, 4.69) is 0 Å². The average Bonchev–Trinajstić information content (AvgIpc) is 2.85. The Kier molecular flexibility index (Phi) is 3.90. The zero-order valence-corrected chi connectivity index (χ0v) is 11.2. The molecule has 2 aromatic rings. The molecule has 0 fully saturated rings. The van der Waals surface area contributed by atoms with Crippen LogP contribution in [-0.2, 0) is 12.6 Å². The summed E-state index contributed by atoms with van der Waals surface area (Å²) in [5.74, 6) is 0.636. The van der Waals surface area contributed by atoms with Crippen molar-refractivity contribution in [1.82, 2.24) is 0 Å². The maximum absolute atomic E-state index is 12.6. The van der Waals surface area contributed by atoms with Gasteiger partial charge in [0, 0.05) is 12.0 Å². The van der Waals surface area contributed by atoms with Crippen LogP contribution in [0.4, 0.5) is 13.2 Å². The molecule has 0 aliphatic rings. The van der Waals surface area contributed by atoms with E-state index in [1.54, 1.807) is 13.0 Å². The fourth-order valence-electron chi connectivity index (χ4n) is 2.21. The Balaban J connectivity index is 2.39. The van der Waals surface area contributed by atoms with Crippen molar-refractivity contribution in [2.75, 3.05) is 0 Å². The van der Waals surface area contributed by atoms with E-state index >= 15 is 0 Å². The third-order valence-corrected chi connectivity index (χ3v) is 3.29. The first-order valence-electron chi connectivity index (χ1n) is 6.26. The lowest BCUT2D eigenvalue weighted by molar-refractivity contribution is -0.137. The molecular formula is C15H15F3O2. The highest BCUT2D eigenvalue weighted by atomic mass is 19.4. The SMILES string of the molecule is CCc1occc1C(O)c1ccc(C(F)(F)F)cc1C. The van der Waals surface area contributed by atoms with Crippen molar-refractivity contribution in [1.29, 1.82) is 0 Å². The molecule has 0 saturated carbocycles. The highest BCUT2D eigenvalue weighted by Gasteiger charge is 2.31. The van der Waals surface area contributed by atoms with Crippen molar-refractivity contribution in [3.8, 4) is 0 Å². The van der Waals surface area contributed by atoms with Gasteiger partial charge >= 0.3 is 6.18 Å². The molecule has 2 nitrogen and oxygen atoms in total. The van der Waals surface area contributed by atoms with Gasteiger partial charge in [0.05, 0.1) is 11.8 Å². The number of aliphatic hydroxyl groups excluding tert-OH is 1. The highest BCUT2D eigenvalue weighted by Crippen LogP contribution is 2.34. The number of hydrogen-bond donors (Lipinski definition) is 1. The topological polar surface area (TPSA) is 33.4 Å². The molecule has 1 aromatic heterocycles. The monoisotopic (exact) mass is 284 g/mol. The molecule has 1 aromatic carbocycles. The number of benzene rings is 1. The smallest absolute Gasteiger partial charge is 0.416 e. The van der Waals surface area contributed by atoms with E-state index in [0.29, 0.717) is 28.9 Å². The number of aryl methyl sites for hydroxylation is 2. The van der Waals surface area contributed by atoms with Crippen LogP contribution in [0.15, 0.2) is 34.9 Å². The minimum absolute atomic E-state index is 0.399. The van der Waals surface area contributed by atoms with Gasteiger partial charge in [-0.2, -0.15) is 13.2 Å². The van der Waals surface area contributed by atoms with Crippen LogP contribution < -0.4 is 0 Å². The van der Waals surface area contributed by atoms with Gasteiger partial charge < -0.3 is 9.52 Å². The summed E-state index contributed by atoms with van der Waals surface area (Å²) >= 11 is 0. The Labute approximate surface area is 114 Å². The summed E-state index contributed by atoms with van der Waals surface area (Å²) in [5, 5.41) is 10.3. The maximum atomic E-state index is 12.6. The second-order valence-corrected chi connectivity index (χ2v) is 4.62. The molecule has 1 N–H and O–H groups in total. The maximum Gasteiger partial charge on any atom is 0.416 e. The number of aliphatic hydroxyl groups is 1. The molecular weight excluding hydrogens is 269 g/mol. The van der Waals surface area contributed by atoms with Gasteiger partial charge in [0.1, 0.15) is 11.9 Å². The lowest BCUT2D eigenvalue weighted by Crippen LogP contribution is -2.08. The summed E-state index contributed by atoms with van der Waals surface area (Å²) < 4.78 is 43.1. The van der Waals surface area contributed by atoms with Gasteiger partial charge in [-0.1, -0.05) is 13.0 Å². The summed E-state index contributed by atoms with van der Waals surface area (Å²) in [5.41, 5.74) is 0.730. The molecule has 1 heterocycles. The third kappa shape index (κ3) is 2.72. The molecule has 108 valence electrons. The molecule has 0 radical (unpaired) electrons. The summed E-state index contributed by atoms with van der Waals surface area (Å²) in [4.78, 5) is 0. The minimum atomic E-state index is -4.38. The number of alkyl halides is 3. The normalized spacial score (nSPS) is 13.5. The lowest BCUT2D eigenvalue weighted by atomic mass is 9.95. The van der Waals surface area contributed by atoms with Crippen molar-refractivity contribution in [2.24, 2.45) is 0 Å². The van der Waals surface area contributed by atoms with Gasteiger partial charge in [-0.15, -0.1) is 0 Å². The number of hydrogen-bond acceptors (Lipinski definition) is 2. The molecule has 0 bridgehead atoms. The van der Waals surface area contributed by atoms with Gasteiger partial charge in [0.25, 0.3) is 0 Å².